The van der Waals surface area contributed by atoms with Crippen molar-refractivity contribution < 1.29 is 14.6 Å². The molecule has 0 saturated carbocycles. The Morgan fingerprint density at radius 1 is 1.33 bits per heavy atom. The molecule has 0 aliphatic heterocycles. The third-order valence-corrected chi connectivity index (χ3v) is 3.98. The van der Waals surface area contributed by atoms with Crippen molar-refractivity contribution in [2.75, 3.05) is 14.2 Å². The van der Waals surface area contributed by atoms with Crippen LogP contribution in [0.2, 0.25) is 0 Å². The summed E-state index contributed by atoms with van der Waals surface area (Å²) in [5, 5.41) is 14.8. The lowest BCUT2D eigenvalue weighted by Crippen LogP contribution is -2.03. The molecule has 0 bridgehead atoms. The molecule has 2 aromatic rings. The van der Waals surface area contributed by atoms with Gasteiger partial charge in [0.05, 0.1) is 20.4 Å². The average Bonchev–Trinajstić information content (AvgIpc) is 2.95. The van der Waals surface area contributed by atoms with Gasteiger partial charge in [0.25, 0.3) is 0 Å². The summed E-state index contributed by atoms with van der Waals surface area (Å²) in [4.78, 5) is 0. The molecule has 0 radical (unpaired) electrons. The molecule has 114 valence electrons. The highest BCUT2D eigenvalue weighted by Gasteiger charge is 2.21. The zero-order valence-electron chi connectivity index (χ0n) is 12.3. The van der Waals surface area contributed by atoms with E-state index < -0.39 is 6.10 Å². The van der Waals surface area contributed by atoms with E-state index >= 15 is 0 Å². The van der Waals surface area contributed by atoms with E-state index in [4.69, 9.17) is 9.47 Å². The lowest BCUT2D eigenvalue weighted by molar-refractivity contribution is 0.214. The number of aryl methyl sites for hydroxylation is 1. The molecular weight excluding hydrogens is 336 g/mol. The second kappa shape index (κ2) is 6.95. The van der Waals surface area contributed by atoms with Crippen LogP contribution < -0.4 is 9.47 Å². The molecule has 0 saturated heterocycles. The van der Waals surface area contributed by atoms with Crippen molar-refractivity contribution in [3.8, 4) is 11.5 Å². The zero-order valence-corrected chi connectivity index (χ0v) is 13.9. The van der Waals surface area contributed by atoms with Gasteiger partial charge in [0, 0.05) is 23.9 Å². The van der Waals surface area contributed by atoms with Crippen molar-refractivity contribution in [1.29, 1.82) is 0 Å². The summed E-state index contributed by atoms with van der Waals surface area (Å²) in [5.74, 6) is 1.22. The van der Waals surface area contributed by atoms with Crippen LogP contribution in [0.15, 0.2) is 29.0 Å². The van der Waals surface area contributed by atoms with Gasteiger partial charge in [-0.2, -0.15) is 5.10 Å². The highest BCUT2D eigenvalue weighted by Crippen LogP contribution is 2.41. The van der Waals surface area contributed by atoms with Gasteiger partial charge < -0.3 is 14.6 Å². The molecule has 1 aromatic carbocycles. The van der Waals surface area contributed by atoms with Gasteiger partial charge in [0.2, 0.25) is 0 Å². The molecule has 0 spiro atoms. The fourth-order valence-electron chi connectivity index (χ4n) is 2.19. The maximum absolute atomic E-state index is 10.6. The first-order valence-corrected chi connectivity index (χ1v) is 7.52. The number of ether oxygens (including phenoxy) is 2. The number of aliphatic hydroxyl groups excluding tert-OH is 1. The Hall–Kier alpha value is -1.53. The maximum Gasteiger partial charge on any atom is 0.142 e. The largest absolute Gasteiger partial charge is 0.495 e. The minimum Gasteiger partial charge on any atom is -0.495 e. The zero-order chi connectivity index (χ0) is 15.4. The molecule has 1 atom stereocenters. The van der Waals surface area contributed by atoms with Crippen molar-refractivity contribution in [3.63, 3.8) is 0 Å². The van der Waals surface area contributed by atoms with E-state index in [0.29, 0.717) is 21.5 Å². The topological polar surface area (TPSA) is 56.5 Å². The molecule has 0 aliphatic rings. The molecule has 1 unspecified atom stereocenters. The molecule has 6 heteroatoms. The third-order valence-electron chi connectivity index (χ3n) is 3.23. The van der Waals surface area contributed by atoms with Crippen LogP contribution in [0.1, 0.15) is 30.6 Å². The van der Waals surface area contributed by atoms with Crippen LogP contribution in [-0.4, -0.2) is 29.1 Å². The predicted octanol–water partition coefficient (Wildman–Crippen LogP) is 3.15. The molecular formula is C15H19BrN2O3. The summed E-state index contributed by atoms with van der Waals surface area (Å²) in [7, 11) is 3.15. The first-order valence-electron chi connectivity index (χ1n) is 6.73. The lowest BCUT2D eigenvalue weighted by atomic mass is 10.0. The lowest BCUT2D eigenvalue weighted by Gasteiger charge is -2.16. The number of methoxy groups -OCH3 is 2. The minimum absolute atomic E-state index is 0.560. The van der Waals surface area contributed by atoms with Gasteiger partial charge in [-0.3, -0.25) is 4.68 Å². The van der Waals surface area contributed by atoms with E-state index in [9.17, 15) is 5.11 Å². The summed E-state index contributed by atoms with van der Waals surface area (Å²) in [6.45, 7) is 2.91. The van der Waals surface area contributed by atoms with E-state index in [-0.39, 0.29) is 0 Å². The Kier molecular flexibility index (Phi) is 5.25. The number of aliphatic hydroxyl groups is 1. The van der Waals surface area contributed by atoms with Crippen molar-refractivity contribution in [2.24, 2.45) is 0 Å². The summed E-state index contributed by atoms with van der Waals surface area (Å²) < 4.78 is 13.1. The second-order valence-electron chi connectivity index (χ2n) is 4.64. The predicted molar refractivity (Wildman–Crippen MR) is 83.8 cm³/mol. The molecule has 0 amide bonds. The Morgan fingerprint density at radius 2 is 2.10 bits per heavy atom. The van der Waals surface area contributed by atoms with Crippen LogP contribution in [0.25, 0.3) is 0 Å². The molecule has 2 rings (SSSR count). The molecule has 0 aliphatic carbocycles. The van der Waals surface area contributed by atoms with E-state index in [2.05, 4.69) is 28.0 Å². The van der Waals surface area contributed by atoms with Crippen molar-refractivity contribution >= 4 is 15.9 Å². The second-order valence-corrected chi connectivity index (χ2v) is 5.44. The average molecular weight is 355 g/mol. The van der Waals surface area contributed by atoms with Crippen molar-refractivity contribution in [1.82, 2.24) is 9.78 Å². The SMILES string of the molecule is CCCn1cc(C(O)c2ccc(OC)c(Br)c2OC)cn1. The highest BCUT2D eigenvalue weighted by molar-refractivity contribution is 9.10. The fraction of sp³-hybridized carbons (Fsp3) is 0.400. The molecule has 0 fully saturated rings. The van der Waals surface area contributed by atoms with Crippen LogP contribution >= 0.6 is 15.9 Å². The summed E-state index contributed by atoms with van der Waals surface area (Å²) >= 11 is 3.44. The fourth-order valence-corrected chi connectivity index (χ4v) is 2.87. The van der Waals surface area contributed by atoms with Gasteiger partial charge in [-0.05, 0) is 34.5 Å². The van der Waals surface area contributed by atoms with Crippen LogP contribution in [0, 0.1) is 0 Å². The first-order chi connectivity index (χ1) is 10.1. The number of nitrogens with zero attached hydrogens (tertiary/aromatic N) is 2. The van der Waals surface area contributed by atoms with Gasteiger partial charge in [-0.25, -0.2) is 0 Å². The van der Waals surface area contributed by atoms with E-state index in [1.807, 2.05) is 10.9 Å². The summed E-state index contributed by atoms with van der Waals surface area (Å²) in [5.41, 5.74) is 1.40. The van der Waals surface area contributed by atoms with Crippen molar-refractivity contribution in [2.45, 2.75) is 26.0 Å². The maximum atomic E-state index is 10.6. The summed E-state index contributed by atoms with van der Waals surface area (Å²) in [6, 6.07) is 3.59. The normalized spacial score (nSPS) is 12.2. The standard InChI is InChI=1S/C15H19BrN2O3/c1-4-7-18-9-10(8-17-18)14(19)11-5-6-12(20-2)13(16)15(11)21-3/h5-6,8-9,14,19H,4,7H2,1-3H3. The van der Waals surface area contributed by atoms with Crippen LogP contribution in [-0.2, 0) is 6.54 Å². The molecule has 1 N–H and O–H groups in total. The number of rotatable bonds is 6. The molecule has 1 aromatic heterocycles. The first kappa shape index (κ1) is 15.9. The Bertz CT molecular complexity index is 613. The Labute approximate surface area is 132 Å². The monoisotopic (exact) mass is 354 g/mol. The number of halogens is 1. The van der Waals surface area contributed by atoms with Gasteiger partial charge in [0.15, 0.2) is 0 Å². The number of hydrogen-bond donors (Lipinski definition) is 1. The van der Waals surface area contributed by atoms with Gasteiger partial charge in [0.1, 0.15) is 22.1 Å². The molecule has 1 heterocycles. The minimum atomic E-state index is -0.798. The highest BCUT2D eigenvalue weighted by atomic mass is 79.9. The van der Waals surface area contributed by atoms with E-state index in [1.54, 1.807) is 32.5 Å². The number of benzene rings is 1. The number of hydrogen-bond acceptors (Lipinski definition) is 4. The number of aromatic nitrogens is 2. The van der Waals surface area contributed by atoms with Gasteiger partial charge in [-0.1, -0.05) is 6.92 Å². The quantitative estimate of drug-likeness (QED) is 0.865. The molecule has 5 nitrogen and oxygen atoms in total. The van der Waals surface area contributed by atoms with Gasteiger partial charge >= 0.3 is 0 Å². The van der Waals surface area contributed by atoms with Crippen molar-refractivity contribution in [3.05, 3.63) is 40.1 Å². The van der Waals surface area contributed by atoms with E-state index in [1.165, 1.54) is 0 Å². The third kappa shape index (κ3) is 3.22. The molecule has 21 heavy (non-hydrogen) atoms. The van der Waals surface area contributed by atoms with Crippen LogP contribution in [0.5, 0.6) is 11.5 Å². The Morgan fingerprint density at radius 3 is 2.71 bits per heavy atom. The van der Waals surface area contributed by atoms with Crippen LogP contribution in [0.4, 0.5) is 0 Å². The van der Waals surface area contributed by atoms with Crippen LogP contribution in [0.3, 0.4) is 0 Å². The smallest absolute Gasteiger partial charge is 0.142 e. The van der Waals surface area contributed by atoms with E-state index in [0.717, 1.165) is 18.5 Å². The van der Waals surface area contributed by atoms with Gasteiger partial charge in [-0.15, -0.1) is 0 Å². The summed E-state index contributed by atoms with van der Waals surface area (Å²) in [6.07, 6.45) is 3.73. The Balaban J connectivity index is 2.37.